The Morgan fingerprint density at radius 1 is 0.333 bits per heavy atom. The van der Waals surface area contributed by atoms with E-state index in [4.69, 9.17) is 0 Å². The van der Waals surface area contributed by atoms with Gasteiger partial charge in [-0.3, -0.25) is 0 Å². The Morgan fingerprint density at radius 2 is 0.333 bits per heavy atom. The van der Waals surface area contributed by atoms with Crippen LogP contribution in [0.3, 0.4) is 0 Å². The molecule has 0 atom stereocenters. The summed E-state index contributed by atoms with van der Waals surface area (Å²) in [6.45, 7) is 0. The Hall–Kier alpha value is 0.312. The molecule has 0 fully saturated rings. The van der Waals surface area contributed by atoms with Gasteiger partial charge in [0, 0.05) is 20.4 Å². The third-order valence-corrected chi connectivity index (χ3v) is 0. The molecule has 0 aliphatic carbocycles. The van der Waals surface area contributed by atoms with Crippen LogP contribution in [0, 0.1) is 0 Å². The molecule has 1 radical (unpaired) electrons. The van der Waals surface area contributed by atoms with Gasteiger partial charge >= 0.3 is 0 Å². The number of hydrogen-bond acceptors (Lipinski definition) is 0. The van der Waals surface area contributed by atoms with E-state index in [1.54, 1.807) is 0 Å². The van der Waals surface area contributed by atoms with E-state index in [0.717, 1.165) is 0 Å². The van der Waals surface area contributed by atoms with E-state index in [0.29, 0.717) is 0 Å². The molecular weight excluding hydrogens is 281 g/mol. The van der Waals surface area contributed by atoms with Gasteiger partial charge in [0.05, 0.1) is 0 Å². The number of rotatable bonds is 0. The van der Waals surface area contributed by atoms with Gasteiger partial charge in [-0.15, -0.1) is 0 Å². The first-order valence-electron chi connectivity index (χ1n) is 0. The quantitative estimate of drug-likeness (QED) is 0.387. The Kier molecular flexibility index (Phi) is 308000. The molecule has 0 aliphatic rings. The molecule has 0 spiro atoms. The van der Waals surface area contributed by atoms with Gasteiger partial charge in [0.2, 0.25) is 0 Å². The minimum absolute atomic E-state index is 0. The molecule has 0 aromatic carbocycles. The average molecular weight is 281 g/mol. The van der Waals surface area contributed by atoms with Gasteiger partial charge in [0.1, 0.15) is 0 Å². The summed E-state index contributed by atoms with van der Waals surface area (Å²) < 4.78 is 0. The van der Waals surface area contributed by atoms with Crippen molar-refractivity contribution in [3.05, 3.63) is 0 Å². The summed E-state index contributed by atoms with van der Waals surface area (Å²) in [6, 6.07) is 0. The Bertz CT molecular complexity index is 3.90. The minimum Gasteiger partial charge on any atom is -1.00 e. The molecule has 0 heterocycles. The zero-order chi connectivity index (χ0) is 0. The van der Waals surface area contributed by atoms with E-state index in [2.05, 4.69) is 0 Å². The van der Waals surface area contributed by atoms with Crippen LogP contribution in [-0.2, 0) is 20.4 Å². The molecule has 47 valence electrons. The molecule has 0 aromatic heterocycles. The molecule has 0 unspecified atom stereocenters. The predicted molar refractivity (Wildman–Crippen MR) is 0 cm³/mol. The Labute approximate surface area is 44.8 Å². The second kappa shape index (κ2) is 1010. The minimum atomic E-state index is 0. The second-order valence-electron chi connectivity index (χ2n) is 0. The smallest absolute Gasteiger partial charge is 0 e. The first-order valence-corrected chi connectivity index (χ1v) is 0. The van der Waals surface area contributed by atoms with Gasteiger partial charge in [0.25, 0.3) is 0 Å². The third-order valence-electron chi connectivity index (χ3n) is 0. The zero-order valence-corrected chi connectivity index (χ0v) is 4.98. The molecule has 0 saturated heterocycles. The van der Waals surface area contributed by atoms with Crippen LogP contribution in [0.5, 0.6) is 0 Å². The summed E-state index contributed by atoms with van der Waals surface area (Å²) >= 11 is 0. The van der Waals surface area contributed by atoms with Crippen molar-refractivity contribution in [1.29, 1.82) is 0 Å². The first kappa shape index (κ1) is 1830. The van der Waals surface area contributed by atoms with Crippen LogP contribution in [0.4, 0.5) is 0 Å². The van der Waals surface area contributed by atoms with Crippen molar-refractivity contribution in [2.75, 3.05) is 0 Å². The fraction of sp³-hybridized carbons (Fsp3) is 0. The van der Waals surface area contributed by atoms with Crippen molar-refractivity contribution in [2.24, 2.45) is 0 Å². The molecule has 0 amide bonds. The summed E-state index contributed by atoms with van der Waals surface area (Å²) in [5, 5.41) is 0. The van der Waals surface area contributed by atoms with Crippen molar-refractivity contribution in [3.63, 3.8) is 0 Å². The maximum absolute atomic E-state index is 0. The normalized spacial score (nSPS) is 0. The molecule has 6 heavy (non-hydrogen) atoms. The van der Waals surface area contributed by atoms with Gasteiger partial charge in [-0.25, -0.2) is 0 Å². The van der Waals surface area contributed by atoms with Crippen molar-refractivity contribution >= 4 is 0 Å². The van der Waals surface area contributed by atoms with Gasteiger partial charge in [-0.2, -0.15) is 0 Å². The Balaban J connectivity index is 0. The fourth-order valence-electron chi connectivity index (χ4n) is 0. The van der Waals surface area contributed by atoms with Crippen LogP contribution < -0.4 is 23.5 Å². The molecule has 6 heteroatoms. The van der Waals surface area contributed by atoms with Crippen molar-refractivity contribution in [2.45, 2.75) is 0 Å². The van der Waals surface area contributed by atoms with Crippen LogP contribution in [-0.4, -0.2) is 0 Å². The molecule has 0 bridgehead atoms. The SMILES string of the molecule is [F-].[F-].[F-].[F-].[F-].[Re]. The van der Waals surface area contributed by atoms with E-state index in [1.165, 1.54) is 0 Å². The number of hydrogen-bond donors (Lipinski definition) is 0. The predicted octanol–water partition coefficient (Wildman–Crippen LogP) is -15.0. The molecule has 0 N–H and O–H groups in total. The standard InChI is InChI=1S/5FH.Re/h5*1H;/p-5. The molecule has 0 aromatic rings. The maximum atomic E-state index is 0. The second-order valence-corrected chi connectivity index (χ2v) is 0. The van der Waals surface area contributed by atoms with Gasteiger partial charge in [0.15, 0.2) is 0 Å². The summed E-state index contributed by atoms with van der Waals surface area (Å²) in [5.74, 6) is 0. The number of halogens is 5. The topological polar surface area (TPSA) is 0 Å². The summed E-state index contributed by atoms with van der Waals surface area (Å²) in [6.07, 6.45) is 0. The van der Waals surface area contributed by atoms with E-state index < -0.39 is 0 Å². The van der Waals surface area contributed by atoms with Crippen molar-refractivity contribution in [1.82, 2.24) is 0 Å². The maximum Gasteiger partial charge on any atom is 0 e. The van der Waals surface area contributed by atoms with Crippen LogP contribution in [0.15, 0.2) is 0 Å². The van der Waals surface area contributed by atoms with E-state index in [-0.39, 0.29) is 43.9 Å². The van der Waals surface area contributed by atoms with Gasteiger partial charge < -0.3 is 23.5 Å². The Morgan fingerprint density at radius 3 is 0.333 bits per heavy atom. The van der Waals surface area contributed by atoms with Crippen molar-refractivity contribution in [3.8, 4) is 0 Å². The van der Waals surface area contributed by atoms with Gasteiger partial charge in [-0.05, 0) is 0 Å². The average Bonchev–Trinajstić information content (AvgIpc) is 0. The van der Waals surface area contributed by atoms with Crippen LogP contribution in [0.2, 0.25) is 0 Å². The summed E-state index contributed by atoms with van der Waals surface area (Å²) in [4.78, 5) is 0. The third kappa shape index (κ3) is 485. The summed E-state index contributed by atoms with van der Waals surface area (Å²) in [7, 11) is 0. The zero-order valence-electron chi connectivity index (χ0n) is 2.27. The molecule has 0 saturated carbocycles. The molecule has 0 nitrogen and oxygen atoms in total. The van der Waals surface area contributed by atoms with Crippen LogP contribution >= 0.6 is 0 Å². The van der Waals surface area contributed by atoms with E-state index in [1.807, 2.05) is 0 Å². The van der Waals surface area contributed by atoms with E-state index in [9.17, 15) is 0 Å². The first-order chi connectivity index (χ1) is 0. The van der Waals surface area contributed by atoms with E-state index >= 15 is 0 Å². The van der Waals surface area contributed by atoms with Crippen LogP contribution in [0.25, 0.3) is 0 Å². The summed E-state index contributed by atoms with van der Waals surface area (Å²) in [5.41, 5.74) is 0. The fourth-order valence-corrected chi connectivity index (χ4v) is 0. The molecule has 0 aliphatic heterocycles. The van der Waals surface area contributed by atoms with Crippen LogP contribution in [0.1, 0.15) is 0 Å². The monoisotopic (exact) mass is 282 g/mol. The van der Waals surface area contributed by atoms with Gasteiger partial charge in [-0.1, -0.05) is 0 Å². The molecule has 0 rings (SSSR count). The molecular formula is F5Re-5. The van der Waals surface area contributed by atoms with Crippen molar-refractivity contribution < 1.29 is 43.9 Å². The largest absolute Gasteiger partial charge is 1.00 e.